The van der Waals surface area contributed by atoms with Gasteiger partial charge in [0.05, 0.1) is 18.4 Å². The fraction of sp³-hybridized carbons (Fsp3) is 0.722. The van der Waals surface area contributed by atoms with Crippen LogP contribution in [-0.4, -0.2) is 49.4 Å². The van der Waals surface area contributed by atoms with E-state index in [-0.39, 0.29) is 0 Å². The topological polar surface area (TPSA) is 34.6 Å². The zero-order valence-electron chi connectivity index (χ0n) is 14.0. The standard InChI is InChI=1S/C18H28N2O2/c1-13(2)17-5-4-16(14-7-9-22-12-14)18(19-17)11-20-8-6-15(10-20)21-3/h4-5,13-15H,6-12H2,1-3H3/t14-,15+/m1/s1. The number of hydrogen-bond donors (Lipinski definition) is 0. The van der Waals surface area contributed by atoms with Gasteiger partial charge in [-0.3, -0.25) is 9.88 Å². The lowest BCUT2D eigenvalue weighted by molar-refractivity contribution is 0.107. The summed E-state index contributed by atoms with van der Waals surface area (Å²) >= 11 is 0. The van der Waals surface area contributed by atoms with Crippen LogP contribution in [-0.2, 0) is 16.0 Å². The van der Waals surface area contributed by atoms with Crippen molar-refractivity contribution in [1.82, 2.24) is 9.88 Å². The van der Waals surface area contributed by atoms with Crippen LogP contribution in [0, 0.1) is 0 Å². The first kappa shape index (κ1) is 15.9. The number of hydrogen-bond acceptors (Lipinski definition) is 4. The molecule has 0 radical (unpaired) electrons. The quantitative estimate of drug-likeness (QED) is 0.838. The number of ether oxygens (including phenoxy) is 2. The number of aromatic nitrogens is 1. The molecule has 0 spiro atoms. The van der Waals surface area contributed by atoms with Gasteiger partial charge in [0.25, 0.3) is 0 Å². The minimum Gasteiger partial charge on any atom is -0.381 e. The Kier molecular flexibility index (Phi) is 5.11. The van der Waals surface area contributed by atoms with E-state index in [9.17, 15) is 0 Å². The third-order valence-corrected chi connectivity index (χ3v) is 4.93. The second-order valence-electron chi connectivity index (χ2n) is 6.87. The molecule has 0 aliphatic carbocycles. The smallest absolute Gasteiger partial charge is 0.0710 e. The molecule has 0 N–H and O–H groups in total. The lowest BCUT2D eigenvalue weighted by Gasteiger charge is -2.21. The molecule has 0 saturated carbocycles. The number of methoxy groups -OCH3 is 1. The van der Waals surface area contributed by atoms with Crippen LogP contribution in [0.25, 0.3) is 0 Å². The van der Waals surface area contributed by atoms with Gasteiger partial charge < -0.3 is 9.47 Å². The van der Waals surface area contributed by atoms with E-state index in [4.69, 9.17) is 14.5 Å². The number of nitrogens with zero attached hydrogens (tertiary/aromatic N) is 2. The van der Waals surface area contributed by atoms with Crippen molar-refractivity contribution in [3.63, 3.8) is 0 Å². The summed E-state index contributed by atoms with van der Waals surface area (Å²) in [5, 5.41) is 0. The van der Waals surface area contributed by atoms with E-state index in [2.05, 4.69) is 30.9 Å². The lowest BCUT2D eigenvalue weighted by Crippen LogP contribution is -2.24. The van der Waals surface area contributed by atoms with E-state index in [1.807, 2.05) is 7.11 Å². The van der Waals surface area contributed by atoms with Crippen molar-refractivity contribution in [3.05, 3.63) is 29.1 Å². The third kappa shape index (κ3) is 3.50. The monoisotopic (exact) mass is 304 g/mol. The largest absolute Gasteiger partial charge is 0.381 e. The van der Waals surface area contributed by atoms with Crippen LogP contribution in [0.15, 0.2) is 12.1 Å². The van der Waals surface area contributed by atoms with Crippen molar-refractivity contribution < 1.29 is 9.47 Å². The zero-order chi connectivity index (χ0) is 15.5. The third-order valence-electron chi connectivity index (χ3n) is 4.93. The van der Waals surface area contributed by atoms with Crippen LogP contribution in [0.2, 0.25) is 0 Å². The molecular formula is C18H28N2O2. The van der Waals surface area contributed by atoms with Gasteiger partial charge in [-0.1, -0.05) is 19.9 Å². The summed E-state index contributed by atoms with van der Waals surface area (Å²) < 4.78 is 11.1. The molecule has 22 heavy (non-hydrogen) atoms. The van der Waals surface area contributed by atoms with E-state index in [0.29, 0.717) is 17.9 Å². The second-order valence-corrected chi connectivity index (χ2v) is 6.87. The molecule has 3 rings (SSSR count). The molecular weight excluding hydrogens is 276 g/mol. The van der Waals surface area contributed by atoms with Crippen LogP contribution in [0.4, 0.5) is 0 Å². The van der Waals surface area contributed by atoms with E-state index < -0.39 is 0 Å². The first-order chi connectivity index (χ1) is 10.7. The Morgan fingerprint density at radius 1 is 1.36 bits per heavy atom. The van der Waals surface area contributed by atoms with Gasteiger partial charge in [-0.15, -0.1) is 0 Å². The highest BCUT2D eigenvalue weighted by molar-refractivity contribution is 5.29. The van der Waals surface area contributed by atoms with E-state index in [0.717, 1.165) is 45.7 Å². The molecule has 1 aromatic rings. The van der Waals surface area contributed by atoms with E-state index in [1.165, 1.54) is 17.0 Å². The number of likely N-dealkylation sites (tertiary alicyclic amines) is 1. The summed E-state index contributed by atoms with van der Waals surface area (Å²) in [5.74, 6) is 0.988. The molecule has 2 aliphatic heterocycles. The van der Waals surface area contributed by atoms with Gasteiger partial charge in [-0.2, -0.15) is 0 Å². The second kappa shape index (κ2) is 7.07. The summed E-state index contributed by atoms with van der Waals surface area (Å²) in [6, 6.07) is 4.49. The predicted molar refractivity (Wildman–Crippen MR) is 87.2 cm³/mol. The Morgan fingerprint density at radius 3 is 2.86 bits per heavy atom. The predicted octanol–water partition coefficient (Wildman–Crippen LogP) is 2.93. The molecule has 3 heterocycles. The lowest BCUT2D eigenvalue weighted by atomic mass is 9.95. The maximum Gasteiger partial charge on any atom is 0.0710 e. The average molecular weight is 304 g/mol. The Balaban J connectivity index is 1.80. The van der Waals surface area contributed by atoms with Crippen molar-refractivity contribution in [1.29, 1.82) is 0 Å². The first-order valence-electron chi connectivity index (χ1n) is 8.50. The average Bonchev–Trinajstić information content (AvgIpc) is 3.18. The summed E-state index contributed by atoms with van der Waals surface area (Å²) in [6.45, 7) is 9.20. The van der Waals surface area contributed by atoms with Gasteiger partial charge in [0.2, 0.25) is 0 Å². The molecule has 2 fully saturated rings. The molecule has 0 unspecified atom stereocenters. The minimum absolute atomic E-state index is 0.381. The van der Waals surface area contributed by atoms with Gasteiger partial charge in [0.1, 0.15) is 0 Å². The van der Waals surface area contributed by atoms with Crippen LogP contribution in [0.3, 0.4) is 0 Å². The molecule has 4 heteroatoms. The highest BCUT2D eigenvalue weighted by atomic mass is 16.5. The molecule has 0 bridgehead atoms. The molecule has 0 amide bonds. The van der Waals surface area contributed by atoms with Crippen LogP contribution >= 0.6 is 0 Å². The normalized spacial score (nSPS) is 26.2. The minimum atomic E-state index is 0.381. The zero-order valence-corrected chi connectivity index (χ0v) is 14.0. The molecule has 2 atom stereocenters. The Labute approximate surface area is 133 Å². The van der Waals surface area contributed by atoms with Crippen molar-refractivity contribution in [2.24, 2.45) is 0 Å². The number of pyridine rings is 1. The fourth-order valence-corrected chi connectivity index (χ4v) is 3.47. The SMILES string of the molecule is CO[C@H]1CCN(Cc2nc(C(C)C)ccc2[C@@H]2CCOC2)C1. The van der Waals surface area contributed by atoms with Gasteiger partial charge in [0.15, 0.2) is 0 Å². The van der Waals surface area contributed by atoms with Gasteiger partial charge >= 0.3 is 0 Å². The van der Waals surface area contributed by atoms with Crippen molar-refractivity contribution in [3.8, 4) is 0 Å². The molecule has 0 aromatic carbocycles. The van der Waals surface area contributed by atoms with E-state index in [1.54, 1.807) is 0 Å². The molecule has 1 aromatic heterocycles. The van der Waals surface area contributed by atoms with Gasteiger partial charge in [-0.25, -0.2) is 0 Å². The van der Waals surface area contributed by atoms with Crippen LogP contribution < -0.4 is 0 Å². The molecule has 2 aliphatic rings. The van der Waals surface area contributed by atoms with Crippen molar-refractivity contribution in [2.75, 3.05) is 33.4 Å². The summed E-state index contributed by atoms with van der Waals surface area (Å²) in [4.78, 5) is 7.47. The van der Waals surface area contributed by atoms with Crippen molar-refractivity contribution in [2.45, 2.75) is 51.2 Å². The Hall–Kier alpha value is -0.970. The number of rotatable bonds is 5. The summed E-state index contributed by atoms with van der Waals surface area (Å²) in [6.07, 6.45) is 2.63. The Bertz CT molecular complexity index is 498. The summed E-state index contributed by atoms with van der Waals surface area (Å²) in [5.41, 5.74) is 3.83. The highest BCUT2D eigenvalue weighted by Crippen LogP contribution is 2.30. The van der Waals surface area contributed by atoms with Crippen molar-refractivity contribution >= 4 is 0 Å². The maximum absolute atomic E-state index is 5.59. The van der Waals surface area contributed by atoms with Crippen LogP contribution in [0.5, 0.6) is 0 Å². The van der Waals surface area contributed by atoms with Crippen LogP contribution in [0.1, 0.15) is 55.5 Å². The van der Waals surface area contributed by atoms with E-state index >= 15 is 0 Å². The first-order valence-corrected chi connectivity index (χ1v) is 8.50. The fourth-order valence-electron chi connectivity index (χ4n) is 3.47. The highest BCUT2D eigenvalue weighted by Gasteiger charge is 2.26. The van der Waals surface area contributed by atoms with Gasteiger partial charge in [0, 0.05) is 45.0 Å². The molecule has 122 valence electrons. The molecule has 4 nitrogen and oxygen atoms in total. The van der Waals surface area contributed by atoms with Gasteiger partial charge in [-0.05, 0) is 30.4 Å². The Morgan fingerprint density at radius 2 is 2.23 bits per heavy atom. The molecule has 2 saturated heterocycles. The maximum atomic E-state index is 5.59. The summed E-state index contributed by atoms with van der Waals surface area (Å²) in [7, 11) is 1.81.